The third-order valence-electron chi connectivity index (χ3n) is 3.93. The Kier molecular flexibility index (Phi) is 5.21. The van der Waals surface area contributed by atoms with E-state index in [9.17, 15) is 0 Å². The van der Waals surface area contributed by atoms with E-state index >= 15 is 0 Å². The molecule has 1 saturated heterocycles. The first kappa shape index (κ1) is 13.3. The average Bonchev–Trinajstić information content (AvgIpc) is 3.18. The van der Waals surface area contributed by atoms with Gasteiger partial charge >= 0.3 is 0 Å². The van der Waals surface area contributed by atoms with Crippen LogP contribution in [0, 0.1) is 18.3 Å². The van der Waals surface area contributed by atoms with Crippen LogP contribution in [0.15, 0.2) is 0 Å². The predicted octanol–water partition coefficient (Wildman–Crippen LogP) is 1.82. The Morgan fingerprint density at radius 2 is 2.29 bits per heavy atom. The van der Waals surface area contributed by atoms with Crippen molar-refractivity contribution in [1.82, 2.24) is 10.2 Å². The maximum absolute atomic E-state index is 5.28. The first-order chi connectivity index (χ1) is 8.35. The summed E-state index contributed by atoms with van der Waals surface area (Å²) in [6.07, 6.45) is 9.41. The molecule has 0 bridgehead atoms. The van der Waals surface area contributed by atoms with Gasteiger partial charge in [-0.25, -0.2) is 0 Å². The van der Waals surface area contributed by atoms with Crippen molar-refractivity contribution in [3.8, 4) is 12.3 Å². The van der Waals surface area contributed by atoms with E-state index in [2.05, 4.69) is 23.1 Å². The van der Waals surface area contributed by atoms with Crippen LogP contribution < -0.4 is 5.32 Å². The van der Waals surface area contributed by atoms with Crippen molar-refractivity contribution in [2.75, 3.05) is 31.1 Å². The van der Waals surface area contributed by atoms with E-state index in [0.717, 1.165) is 23.8 Å². The van der Waals surface area contributed by atoms with E-state index in [0.29, 0.717) is 0 Å². The van der Waals surface area contributed by atoms with Crippen LogP contribution in [0.4, 0.5) is 0 Å². The zero-order chi connectivity index (χ0) is 12.1. The molecule has 3 heteroatoms. The molecule has 2 fully saturated rings. The number of terminal acetylenes is 1. The van der Waals surface area contributed by atoms with Crippen molar-refractivity contribution in [2.24, 2.45) is 5.92 Å². The summed E-state index contributed by atoms with van der Waals surface area (Å²) in [4.78, 5) is 2.68. The molecule has 2 rings (SSSR count). The highest BCUT2D eigenvalue weighted by Crippen LogP contribution is 2.34. The molecule has 2 atom stereocenters. The van der Waals surface area contributed by atoms with Gasteiger partial charge in [0.25, 0.3) is 0 Å². The van der Waals surface area contributed by atoms with Gasteiger partial charge in [0, 0.05) is 37.5 Å². The molecule has 1 aliphatic carbocycles. The first-order valence-electron chi connectivity index (χ1n) is 6.83. The fourth-order valence-corrected chi connectivity index (χ4v) is 3.31. The zero-order valence-corrected chi connectivity index (χ0v) is 11.6. The Balaban J connectivity index is 1.75. The molecule has 1 N–H and O–H groups in total. The van der Waals surface area contributed by atoms with Gasteiger partial charge in [0.1, 0.15) is 0 Å². The molecule has 2 aliphatic rings. The monoisotopic (exact) mass is 252 g/mol. The molecule has 17 heavy (non-hydrogen) atoms. The maximum atomic E-state index is 5.28. The molecule has 0 aromatic rings. The lowest BCUT2D eigenvalue weighted by atomic mass is 10.0. The van der Waals surface area contributed by atoms with E-state index in [1.807, 2.05) is 11.8 Å². The molecule has 0 spiro atoms. The highest BCUT2D eigenvalue weighted by atomic mass is 32.2. The van der Waals surface area contributed by atoms with E-state index in [1.54, 1.807) is 0 Å². The highest BCUT2D eigenvalue weighted by molar-refractivity contribution is 7.99. The van der Waals surface area contributed by atoms with Crippen molar-refractivity contribution in [3.63, 3.8) is 0 Å². The van der Waals surface area contributed by atoms with Crippen LogP contribution in [0.25, 0.3) is 0 Å². The maximum Gasteiger partial charge on any atom is 0.0545 e. The molecule has 0 aromatic carbocycles. The van der Waals surface area contributed by atoms with Crippen LogP contribution >= 0.6 is 11.8 Å². The van der Waals surface area contributed by atoms with Crippen molar-refractivity contribution >= 4 is 11.8 Å². The second-order valence-corrected chi connectivity index (χ2v) is 6.27. The summed E-state index contributed by atoms with van der Waals surface area (Å²) < 4.78 is 0. The van der Waals surface area contributed by atoms with Gasteiger partial charge < -0.3 is 5.32 Å². The summed E-state index contributed by atoms with van der Waals surface area (Å²) in [5.74, 6) is 5.70. The normalized spacial score (nSPS) is 30.1. The van der Waals surface area contributed by atoms with Crippen LogP contribution in [0.1, 0.15) is 26.2 Å². The van der Waals surface area contributed by atoms with Crippen LogP contribution in [0.3, 0.4) is 0 Å². The minimum Gasteiger partial charge on any atom is -0.311 e. The fraction of sp³-hybridized carbons (Fsp3) is 0.857. The van der Waals surface area contributed by atoms with E-state index in [4.69, 9.17) is 6.42 Å². The Morgan fingerprint density at radius 1 is 1.47 bits per heavy atom. The molecule has 1 saturated carbocycles. The molecule has 96 valence electrons. The van der Waals surface area contributed by atoms with Crippen LogP contribution in [-0.4, -0.2) is 48.1 Å². The topological polar surface area (TPSA) is 15.3 Å². The van der Waals surface area contributed by atoms with Gasteiger partial charge in [-0.2, -0.15) is 0 Å². The standard InChI is InChI=1S/C14H24N2S/c1-3-8-17-9-7-16-11-14(12-5-6-12)15-10-13(16)4-2/h1,12-15H,4-11H2,2H3. The van der Waals surface area contributed by atoms with Gasteiger partial charge in [0.15, 0.2) is 0 Å². The number of piperazine rings is 1. The zero-order valence-electron chi connectivity index (χ0n) is 10.8. The molecule has 1 heterocycles. The number of nitrogens with zero attached hydrogens (tertiary/aromatic N) is 1. The number of hydrogen-bond donors (Lipinski definition) is 1. The Morgan fingerprint density at radius 3 is 2.94 bits per heavy atom. The number of hydrogen-bond acceptors (Lipinski definition) is 3. The third-order valence-corrected chi connectivity index (χ3v) is 4.78. The summed E-state index contributed by atoms with van der Waals surface area (Å²) in [5.41, 5.74) is 0. The van der Waals surface area contributed by atoms with Gasteiger partial charge in [-0.05, 0) is 25.2 Å². The van der Waals surface area contributed by atoms with Crippen molar-refractivity contribution < 1.29 is 0 Å². The highest BCUT2D eigenvalue weighted by Gasteiger charge is 2.36. The lowest BCUT2D eigenvalue weighted by molar-refractivity contribution is 0.127. The van der Waals surface area contributed by atoms with E-state index in [-0.39, 0.29) is 0 Å². The van der Waals surface area contributed by atoms with Gasteiger partial charge in [-0.15, -0.1) is 18.2 Å². The van der Waals surface area contributed by atoms with Gasteiger partial charge in [0.05, 0.1) is 5.75 Å². The Hall–Kier alpha value is -0.170. The lowest BCUT2D eigenvalue weighted by Gasteiger charge is -2.40. The predicted molar refractivity (Wildman–Crippen MR) is 76.3 cm³/mol. The SMILES string of the molecule is C#CCSCCN1CC(C2CC2)NCC1CC. The van der Waals surface area contributed by atoms with Crippen molar-refractivity contribution in [2.45, 2.75) is 38.3 Å². The number of rotatable bonds is 6. The lowest BCUT2D eigenvalue weighted by Crippen LogP contribution is -2.57. The summed E-state index contributed by atoms with van der Waals surface area (Å²) in [6.45, 7) is 5.93. The quantitative estimate of drug-likeness (QED) is 0.573. The first-order valence-corrected chi connectivity index (χ1v) is 7.99. The molecule has 0 radical (unpaired) electrons. The number of thioether (sulfide) groups is 1. The third kappa shape index (κ3) is 3.91. The largest absolute Gasteiger partial charge is 0.311 e. The van der Waals surface area contributed by atoms with Gasteiger partial charge in [-0.1, -0.05) is 12.8 Å². The summed E-state index contributed by atoms with van der Waals surface area (Å²) in [5, 5.41) is 3.73. The van der Waals surface area contributed by atoms with Gasteiger partial charge in [-0.3, -0.25) is 4.90 Å². The van der Waals surface area contributed by atoms with E-state index in [1.165, 1.54) is 44.6 Å². The van der Waals surface area contributed by atoms with Crippen molar-refractivity contribution in [1.29, 1.82) is 0 Å². The second kappa shape index (κ2) is 6.68. The van der Waals surface area contributed by atoms with Crippen LogP contribution in [0.2, 0.25) is 0 Å². The molecule has 2 unspecified atom stereocenters. The summed E-state index contributed by atoms with van der Waals surface area (Å²) in [7, 11) is 0. The molecular formula is C14H24N2S. The fourth-order valence-electron chi connectivity index (χ4n) is 2.69. The Bertz CT molecular complexity index is 270. The minimum atomic E-state index is 0.733. The average molecular weight is 252 g/mol. The molecule has 2 nitrogen and oxygen atoms in total. The van der Waals surface area contributed by atoms with Crippen LogP contribution in [-0.2, 0) is 0 Å². The Labute approximate surface area is 110 Å². The smallest absolute Gasteiger partial charge is 0.0545 e. The van der Waals surface area contributed by atoms with Crippen molar-refractivity contribution in [3.05, 3.63) is 0 Å². The molecule has 1 aliphatic heterocycles. The van der Waals surface area contributed by atoms with E-state index < -0.39 is 0 Å². The summed E-state index contributed by atoms with van der Waals surface area (Å²) in [6, 6.07) is 1.49. The molecular weight excluding hydrogens is 228 g/mol. The summed E-state index contributed by atoms with van der Waals surface area (Å²) >= 11 is 1.89. The van der Waals surface area contributed by atoms with Crippen LogP contribution in [0.5, 0.6) is 0 Å². The second-order valence-electron chi connectivity index (χ2n) is 5.17. The minimum absolute atomic E-state index is 0.733. The molecule has 0 amide bonds. The molecule has 0 aromatic heterocycles. The number of nitrogens with one attached hydrogen (secondary N) is 1. The van der Waals surface area contributed by atoms with Gasteiger partial charge in [0.2, 0.25) is 0 Å².